The quantitative estimate of drug-likeness (QED) is 0.624. The summed E-state index contributed by atoms with van der Waals surface area (Å²) in [4.78, 5) is 0. The third-order valence-electron chi connectivity index (χ3n) is 4.32. The molecule has 0 saturated heterocycles. The lowest BCUT2D eigenvalue weighted by Gasteiger charge is -2.43. The standard InChI is InChI=1S/C16H25ClN2O/c1-2-20-16(10-4-3-5-11-16)15(19-18)12-13-6-8-14(17)9-7-13/h6-9,15,19H,2-5,10-12,18H2,1H3. The van der Waals surface area contributed by atoms with Gasteiger partial charge in [0.15, 0.2) is 0 Å². The highest BCUT2D eigenvalue weighted by atomic mass is 35.5. The molecule has 0 spiro atoms. The van der Waals surface area contributed by atoms with Crippen LogP contribution in [-0.4, -0.2) is 18.2 Å². The zero-order valence-electron chi connectivity index (χ0n) is 12.2. The Hall–Kier alpha value is -0.610. The molecule has 1 unspecified atom stereocenters. The molecule has 1 fully saturated rings. The zero-order valence-corrected chi connectivity index (χ0v) is 13.0. The molecule has 4 heteroatoms. The Kier molecular flexibility index (Phi) is 5.85. The first-order valence-electron chi connectivity index (χ1n) is 7.55. The van der Waals surface area contributed by atoms with Crippen LogP contribution in [0.2, 0.25) is 5.02 Å². The predicted octanol–water partition coefficient (Wildman–Crippen LogP) is 3.45. The summed E-state index contributed by atoms with van der Waals surface area (Å²) >= 11 is 5.94. The van der Waals surface area contributed by atoms with Crippen LogP contribution < -0.4 is 11.3 Å². The van der Waals surface area contributed by atoms with Crippen LogP contribution in [0.4, 0.5) is 0 Å². The van der Waals surface area contributed by atoms with E-state index in [4.69, 9.17) is 22.2 Å². The van der Waals surface area contributed by atoms with E-state index < -0.39 is 0 Å². The highest BCUT2D eigenvalue weighted by molar-refractivity contribution is 6.30. The van der Waals surface area contributed by atoms with Gasteiger partial charge >= 0.3 is 0 Å². The summed E-state index contributed by atoms with van der Waals surface area (Å²) < 4.78 is 6.15. The fourth-order valence-electron chi connectivity index (χ4n) is 3.28. The fraction of sp³-hybridized carbons (Fsp3) is 0.625. The molecule has 1 saturated carbocycles. The van der Waals surface area contributed by atoms with Gasteiger partial charge in [0, 0.05) is 11.6 Å². The topological polar surface area (TPSA) is 47.3 Å². The second kappa shape index (κ2) is 7.41. The third kappa shape index (κ3) is 3.73. The van der Waals surface area contributed by atoms with Crippen molar-refractivity contribution in [2.75, 3.05) is 6.61 Å². The molecule has 2 rings (SSSR count). The van der Waals surface area contributed by atoms with E-state index in [-0.39, 0.29) is 11.6 Å². The number of halogens is 1. The summed E-state index contributed by atoms with van der Waals surface area (Å²) in [5.74, 6) is 5.84. The number of nitrogens with two attached hydrogens (primary N) is 1. The van der Waals surface area contributed by atoms with Crippen molar-refractivity contribution in [3.8, 4) is 0 Å². The molecule has 1 aromatic rings. The monoisotopic (exact) mass is 296 g/mol. The molecule has 0 amide bonds. The van der Waals surface area contributed by atoms with Gasteiger partial charge < -0.3 is 4.74 Å². The minimum absolute atomic E-state index is 0.124. The number of hydrogen-bond donors (Lipinski definition) is 2. The van der Waals surface area contributed by atoms with E-state index in [1.165, 1.54) is 24.8 Å². The third-order valence-corrected chi connectivity index (χ3v) is 4.57. The molecule has 0 bridgehead atoms. The zero-order chi connectivity index (χ0) is 14.4. The first kappa shape index (κ1) is 15.8. The van der Waals surface area contributed by atoms with Crippen molar-refractivity contribution in [3.63, 3.8) is 0 Å². The van der Waals surface area contributed by atoms with Gasteiger partial charge in [0.1, 0.15) is 0 Å². The van der Waals surface area contributed by atoms with Crippen LogP contribution in [0.1, 0.15) is 44.6 Å². The summed E-state index contributed by atoms with van der Waals surface area (Å²) in [6.07, 6.45) is 6.78. The number of rotatable bonds is 6. The summed E-state index contributed by atoms with van der Waals surface area (Å²) in [5.41, 5.74) is 4.12. The Morgan fingerprint density at radius 2 is 1.90 bits per heavy atom. The Labute approximate surface area is 126 Å². The molecular formula is C16H25ClN2O. The Balaban J connectivity index is 2.13. The van der Waals surface area contributed by atoms with Crippen molar-refractivity contribution < 1.29 is 4.74 Å². The number of benzene rings is 1. The van der Waals surface area contributed by atoms with E-state index in [2.05, 4.69) is 24.5 Å². The van der Waals surface area contributed by atoms with Crippen LogP contribution in [0.25, 0.3) is 0 Å². The van der Waals surface area contributed by atoms with Gasteiger partial charge in [-0.25, -0.2) is 0 Å². The average molecular weight is 297 g/mol. The van der Waals surface area contributed by atoms with Gasteiger partial charge in [-0.15, -0.1) is 0 Å². The Morgan fingerprint density at radius 1 is 1.25 bits per heavy atom. The van der Waals surface area contributed by atoms with Crippen molar-refractivity contribution in [1.82, 2.24) is 5.43 Å². The highest BCUT2D eigenvalue weighted by Gasteiger charge is 2.40. The number of hydrazine groups is 1. The smallest absolute Gasteiger partial charge is 0.0851 e. The number of ether oxygens (including phenoxy) is 1. The minimum Gasteiger partial charge on any atom is -0.374 e. The minimum atomic E-state index is -0.124. The van der Waals surface area contributed by atoms with Crippen LogP contribution >= 0.6 is 11.6 Å². The van der Waals surface area contributed by atoms with E-state index in [9.17, 15) is 0 Å². The average Bonchev–Trinajstić information content (AvgIpc) is 2.48. The van der Waals surface area contributed by atoms with Crippen molar-refractivity contribution in [2.24, 2.45) is 5.84 Å². The second-order valence-electron chi connectivity index (χ2n) is 5.61. The molecular weight excluding hydrogens is 272 g/mol. The van der Waals surface area contributed by atoms with Crippen LogP contribution in [0, 0.1) is 0 Å². The van der Waals surface area contributed by atoms with E-state index >= 15 is 0 Å². The maximum Gasteiger partial charge on any atom is 0.0851 e. The lowest BCUT2D eigenvalue weighted by Crippen LogP contribution is -2.57. The van der Waals surface area contributed by atoms with Crippen LogP contribution in [0.15, 0.2) is 24.3 Å². The molecule has 3 nitrogen and oxygen atoms in total. The molecule has 1 atom stereocenters. The van der Waals surface area contributed by atoms with Crippen LogP contribution in [0.3, 0.4) is 0 Å². The Morgan fingerprint density at radius 3 is 2.45 bits per heavy atom. The molecule has 0 aromatic heterocycles. The summed E-state index contributed by atoms with van der Waals surface area (Å²) in [6, 6.07) is 8.13. The maximum absolute atomic E-state index is 6.15. The van der Waals surface area contributed by atoms with Crippen molar-refractivity contribution in [2.45, 2.75) is 57.1 Å². The first-order chi connectivity index (χ1) is 9.70. The largest absolute Gasteiger partial charge is 0.374 e. The lowest BCUT2D eigenvalue weighted by atomic mass is 9.77. The van der Waals surface area contributed by atoms with Gasteiger partial charge in [-0.3, -0.25) is 11.3 Å². The van der Waals surface area contributed by atoms with E-state index in [1.54, 1.807) is 0 Å². The summed E-state index contributed by atoms with van der Waals surface area (Å²) in [6.45, 7) is 2.80. The summed E-state index contributed by atoms with van der Waals surface area (Å²) in [7, 11) is 0. The van der Waals surface area contributed by atoms with Gasteiger partial charge in [-0.05, 0) is 43.9 Å². The fourth-order valence-corrected chi connectivity index (χ4v) is 3.41. The van der Waals surface area contributed by atoms with E-state index in [1.807, 2.05) is 12.1 Å². The van der Waals surface area contributed by atoms with E-state index in [0.717, 1.165) is 30.9 Å². The molecule has 0 heterocycles. The molecule has 1 aliphatic rings. The number of hydrogen-bond acceptors (Lipinski definition) is 3. The maximum atomic E-state index is 6.15. The molecule has 20 heavy (non-hydrogen) atoms. The molecule has 1 aliphatic carbocycles. The number of nitrogens with one attached hydrogen (secondary N) is 1. The van der Waals surface area contributed by atoms with Crippen molar-refractivity contribution in [1.29, 1.82) is 0 Å². The lowest BCUT2D eigenvalue weighted by molar-refractivity contribution is -0.0898. The molecule has 0 aliphatic heterocycles. The van der Waals surface area contributed by atoms with Gasteiger partial charge in [0.25, 0.3) is 0 Å². The SMILES string of the molecule is CCOC1(C(Cc2ccc(Cl)cc2)NN)CCCCC1. The normalized spacial score (nSPS) is 19.8. The van der Waals surface area contributed by atoms with Gasteiger partial charge in [0.2, 0.25) is 0 Å². The Bertz CT molecular complexity index is 396. The first-order valence-corrected chi connectivity index (χ1v) is 7.92. The molecule has 1 aromatic carbocycles. The second-order valence-corrected chi connectivity index (χ2v) is 6.04. The molecule has 0 radical (unpaired) electrons. The van der Waals surface area contributed by atoms with Crippen LogP contribution in [-0.2, 0) is 11.2 Å². The van der Waals surface area contributed by atoms with Gasteiger partial charge in [-0.1, -0.05) is 43.0 Å². The van der Waals surface area contributed by atoms with Gasteiger partial charge in [-0.2, -0.15) is 0 Å². The molecule has 3 N–H and O–H groups in total. The molecule has 112 valence electrons. The van der Waals surface area contributed by atoms with Crippen molar-refractivity contribution >= 4 is 11.6 Å². The van der Waals surface area contributed by atoms with Crippen LogP contribution in [0.5, 0.6) is 0 Å². The van der Waals surface area contributed by atoms with Crippen molar-refractivity contribution in [3.05, 3.63) is 34.9 Å². The van der Waals surface area contributed by atoms with Gasteiger partial charge in [0.05, 0.1) is 11.6 Å². The van der Waals surface area contributed by atoms with E-state index in [0.29, 0.717) is 0 Å². The summed E-state index contributed by atoms with van der Waals surface area (Å²) in [5, 5.41) is 0.767. The predicted molar refractivity (Wildman–Crippen MR) is 83.7 cm³/mol. The highest BCUT2D eigenvalue weighted by Crippen LogP contribution is 2.35.